The average Bonchev–Trinajstić information content (AvgIpc) is 2.56. The zero-order valence-corrected chi connectivity index (χ0v) is 15.4. The highest BCUT2D eigenvalue weighted by atomic mass is 35.5. The van der Waals surface area contributed by atoms with Crippen molar-refractivity contribution < 1.29 is 27.4 Å². The first-order chi connectivity index (χ1) is 12.2. The lowest BCUT2D eigenvalue weighted by molar-refractivity contribution is -0.137. The van der Waals surface area contributed by atoms with E-state index in [0.29, 0.717) is 16.3 Å². The van der Waals surface area contributed by atoms with E-state index in [0.717, 1.165) is 6.07 Å². The van der Waals surface area contributed by atoms with Crippen molar-refractivity contribution >= 4 is 33.3 Å². The van der Waals surface area contributed by atoms with Crippen molar-refractivity contribution in [3.63, 3.8) is 0 Å². The zero-order valence-electron chi connectivity index (χ0n) is 13.8. The number of rotatable bonds is 8. The molecule has 0 saturated carbocycles. The standard InChI is InChI=1S/C17H17ClFNO5S/c1-11-13(18)4-2-5-15(11)20-26(23,24)12-7-8-16(14(19)10-12)25-9-3-6-17(21)22/h2,4-5,7-8,10,20H,3,6,9H2,1H3,(H,21,22). The van der Waals surface area contributed by atoms with Crippen molar-refractivity contribution in [2.45, 2.75) is 24.7 Å². The molecule has 2 N–H and O–H groups in total. The Morgan fingerprint density at radius 1 is 1.31 bits per heavy atom. The Bertz CT molecular complexity index is 917. The number of benzene rings is 2. The SMILES string of the molecule is Cc1c(Cl)cccc1NS(=O)(=O)c1ccc(OCCCC(=O)O)c(F)c1. The third-order valence-corrected chi connectivity index (χ3v) is 5.29. The summed E-state index contributed by atoms with van der Waals surface area (Å²) in [6.07, 6.45) is 0.113. The van der Waals surface area contributed by atoms with Crippen LogP contribution in [0.2, 0.25) is 5.02 Å². The molecule has 2 aromatic rings. The van der Waals surface area contributed by atoms with Gasteiger partial charge in [-0.25, -0.2) is 12.8 Å². The lowest BCUT2D eigenvalue weighted by atomic mass is 10.2. The van der Waals surface area contributed by atoms with Gasteiger partial charge in [0.05, 0.1) is 17.2 Å². The second kappa shape index (κ2) is 8.37. The lowest BCUT2D eigenvalue weighted by Gasteiger charge is -2.12. The molecule has 0 fully saturated rings. The summed E-state index contributed by atoms with van der Waals surface area (Å²) < 4.78 is 46.5. The number of ether oxygens (including phenoxy) is 1. The fraction of sp³-hybridized carbons (Fsp3) is 0.235. The maximum atomic E-state index is 14.1. The van der Waals surface area contributed by atoms with E-state index >= 15 is 0 Å². The molecule has 0 bridgehead atoms. The Hall–Kier alpha value is -2.32. The first kappa shape index (κ1) is 20.0. The van der Waals surface area contributed by atoms with E-state index < -0.39 is 21.8 Å². The second-order valence-electron chi connectivity index (χ2n) is 5.46. The van der Waals surface area contributed by atoms with E-state index in [1.165, 1.54) is 12.1 Å². The van der Waals surface area contributed by atoms with Crippen LogP contribution in [0.4, 0.5) is 10.1 Å². The van der Waals surface area contributed by atoms with E-state index in [1.807, 2.05) is 0 Å². The first-order valence-electron chi connectivity index (χ1n) is 7.63. The van der Waals surface area contributed by atoms with Gasteiger partial charge in [0.15, 0.2) is 11.6 Å². The van der Waals surface area contributed by atoms with Gasteiger partial charge in [0, 0.05) is 11.4 Å². The molecule has 0 unspecified atom stereocenters. The highest BCUT2D eigenvalue weighted by Crippen LogP contribution is 2.27. The highest BCUT2D eigenvalue weighted by molar-refractivity contribution is 7.92. The Balaban J connectivity index is 2.13. The zero-order chi connectivity index (χ0) is 19.3. The number of sulfonamides is 1. The summed E-state index contributed by atoms with van der Waals surface area (Å²) >= 11 is 5.97. The average molecular weight is 402 g/mol. The third-order valence-electron chi connectivity index (χ3n) is 3.52. The van der Waals surface area contributed by atoms with Crippen LogP contribution < -0.4 is 9.46 Å². The third kappa shape index (κ3) is 5.09. The molecule has 0 amide bonds. The molecule has 0 atom stereocenters. The van der Waals surface area contributed by atoms with Gasteiger partial charge in [-0.3, -0.25) is 9.52 Å². The molecular weight excluding hydrogens is 385 g/mol. The fourth-order valence-electron chi connectivity index (χ4n) is 2.09. The van der Waals surface area contributed by atoms with E-state index in [4.69, 9.17) is 21.4 Å². The number of carbonyl (C=O) groups is 1. The van der Waals surface area contributed by atoms with Crippen molar-refractivity contribution in [1.82, 2.24) is 0 Å². The van der Waals surface area contributed by atoms with E-state index in [1.54, 1.807) is 25.1 Å². The predicted molar refractivity (Wildman–Crippen MR) is 95.8 cm³/mol. The molecule has 0 aliphatic carbocycles. The summed E-state index contributed by atoms with van der Waals surface area (Å²) in [7, 11) is -4.01. The molecule has 2 aromatic carbocycles. The molecule has 0 heterocycles. The fourth-order valence-corrected chi connectivity index (χ4v) is 3.40. The van der Waals surface area contributed by atoms with Gasteiger partial charge in [-0.2, -0.15) is 0 Å². The van der Waals surface area contributed by atoms with Crippen LogP contribution in [0, 0.1) is 12.7 Å². The molecule has 140 valence electrons. The summed E-state index contributed by atoms with van der Waals surface area (Å²) in [6.45, 7) is 1.67. The van der Waals surface area contributed by atoms with Crippen molar-refractivity contribution in [3.05, 3.63) is 52.8 Å². The van der Waals surface area contributed by atoms with Crippen LogP contribution in [0.5, 0.6) is 5.75 Å². The van der Waals surface area contributed by atoms with Crippen molar-refractivity contribution in [3.8, 4) is 5.75 Å². The van der Waals surface area contributed by atoms with Gasteiger partial charge in [0.1, 0.15) is 0 Å². The Morgan fingerprint density at radius 2 is 2.04 bits per heavy atom. The normalized spacial score (nSPS) is 11.2. The summed E-state index contributed by atoms with van der Waals surface area (Å²) in [5.74, 6) is -1.97. The number of hydrogen-bond donors (Lipinski definition) is 2. The molecule has 0 radical (unpaired) electrons. The summed E-state index contributed by atoms with van der Waals surface area (Å²) in [5.41, 5.74) is 0.850. The van der Waals surface area contributed by atoms with Crippen LogP contribution in [0.1, 0.15) is 18.4 Å². The maximum Gasteiger partial charge on any atom is 0.303 e. The van der Waals surface area contributed by atoms with Gasteiger partial charge >= 0.3 is 5.97 Å². The number of nitrogens with one attached hydrogen (secondary N) is 1. The Kier molecular flexibility index (Phi) is 6.44. The molecular formula is C17H17ClFNO5S. The van der Waals surface area contributed by atoms with Gasteiger partial charge in [-0.05, 0) is 49.2 Å². The Labute approximate surface area is 155 Å². The predicted octanol–water partition coefficient (Wildman–Crippen LogP) is 3.83. The van der Waals surface area contributed by atoms with Crippen molar-refractivity contribution in [2.75, 3.05) is 11.3 Å². The summed E-state index contributed by atoms with van der Waals surface area (Å²) in [4.78, 5) is 10.1. The van der Waals surface area contributed by atoms with Crippen LogP contribution in [0.25, 0.3) is 0 Å². The van der Waals surface area contributed by atoms with Gasteiger partial charge in [0.2, 0.25) is 0 Å². The number of hydrogen-bond acceptors (Lipinski definition) is 4. The Morgan fingerprint density at radius 3 is 2.69 bits per heavy atom. The van der Waals surface area contributed by atoms with E-state index in [2.05, 4.69) is 4.72 Å². The minimum atomic E-state index is -4.01. The number of carboxylic acid groups (broad SMARTS) is 1. The van der Waals surface area contributed by atoms with Crippen molar-refractivity contribution in [2.24, 2.45) is 0 Å². The van der Waals surface area contributed by atoms with Crippen LogP contribution in [0.15, 0.2) is 41.3 Å². The first-order valence-corrected chi connectivity index (χ1v) is 9.49. The number of halogens is 2. The maximum absolute atomic E-state index is 14.1. The monoisotopic (exact) mass is 401 g/mol. The summed E-state index contributed by atoms with van der Waals surface area (Å²) in [5, 5.41) is 8.94. The lowest BCUT2D eigenvalue weighted by Crippen LogP contribution is -2.14. The number of carboxylic acids is 1. The smallest absolute Gasteiger partial charge is 0.303 e. The van der Waals surface area contributed by atoms with Crippen LogP contribution in [-0.4, -0.2) is 26.1 Å². The quantitative estimate of drug-likeness (QED) is 0.656. The topological polar surface area (TPSA) is 92.7 Å². The van der Waals surface area contributed by atoms with Gasteiger partial charge < -0.3 is 9.84 Å². The minimum Gasteiger partial charge on any atom is -0.491 e. The molecule has 2 rings (SSSR count). The molecule has 0 saturated heterocycles. The molecule has 0 aliphatic rings. The summed E-state index contributed by atoms with van der Waals surface area (Å²) in [6, 6.07) is 8.02. The number of aliphatic carboxylic acids is 1. The molecule has 26 heavy (non-hydrogen) atoms. The van der Waals surface area contributed by atoms with Crippen LogP contribution in [0.3, 0.4) is 0 Å². The largest absolute Gasteiger partial charge is 0.491 e. The molecule has 0 spiro atoms. The molecule has 6 nitrogen and oxygen atoms in total. The number of anilines is 1. The van der Waals surface area contributed by atoms with E-state index in [-0.39, 0.29) is 30.1 Å². The molecule has 0 aromatic heterocycles. The molecule has 9 heteroatoms. The van der Waals surface area contributed by atoms with Gasteiger partial charge in [0.25, 0.3) is 10.0 Å². The van der Waals surface area contributed by atoms with Crippen molar-refractivity contribution in [1.29, 1.82) is 0 Å². The highest BCUT2D eigenvalue weighted by Gasteiger charge is 2.18. The van der Waals surface area contributed by atoms with E-state index in [9.17, 15) is 17.6 Å². The second-order valence-corrected chi connectivity index (χ2v) is 7.55. The van der Waals surface area contributed by atoms with Crippen LogP contribution in [-0.2, 0) is 14.8 Å². The molecule has 0 aliphatic heterocycles. The minimum absolute atomic E-state index is 0.00920. The van der Waals surface area contributed by atoms with Gasteiger partial charge in [-0.1, -0.05) is 17.7 Å². The van der Waals surface area contributed by atoms with Crippen LogP contribution >= 0.6 is 11.6 Å². The van der Waals surface area contributed by atoms with Gasteiger partial charge in [-0.15, -0.1) is 0 Å².